The topological polar surface area (TPSA) is 41.6 Å². The molecule has 1 heterocycles. The van der Waals surface area contributed by atoms with E-state index in [0.29, 0.717) is 18.7 Å². The average molecular weight is 252 g/mol. The minimum atomic E-state index is -0.159. The van der Waals surface area contributed by atoms with Crippen LogP contribution in [-0.4, -0.2) is 42.8 Å². The fourth-order valence-electron chi connectivity index (χ4n) is 2.70. The molecule has 0 aromatic carbocycles. The lowest BCUT2D eigenvalue weighted by molar-refractivity contribution is 0.0945. The number of allylic oxidation sites excluding steroid dienone is 1. The van der Waals surface area contributed by atoms with Gasteiger partial charge in [-0.25, -0.2) is 4.79 Å². The number of rotatable bonds is 3. The molecule has 2 aliphatic rings. The molecule has 4 nitrogen and oxygen atoms in total. The Kier molecular flexibility index (Phi) is 5.05. The number of piperidine rings is 1. The summed E-state index contributed by atoms with van der Waals surface area (Å²) in [6, 6.07) is 1.08. The number of carbonyl (C=O) groups is 1. The van der Waals surface area contributed by atoms with E-state index in [1.807, 2.05) is 11.8 Å². The number of hydrogen-bond donors (Lipinski definition) is 1. The van der Waals surface area contributed by atoms with Crippen molar-refractivity contribution in [3.05, 3.63) is 12.2 Å². The summed E-state index contributed by atoms with van der Waals surface area (Å²) in [5.41, 5.74) is 0. The Balaban J connectivity index is 1.71. The third-order valence-electron chi connectivity index (χ3n) is 3.73. The van der Waals surface area contributed by atoms with Crippen LogP contribution in [-0.2, 0) is 4.74 Å². The second kappa shape index (κ2) is 6.78. The van der Waals surface area contributed by atoms with Crippen molar-refractivity contribution < 1.29 is 9.53 Å². The largest absolute Gasteiger partial charge is 0.450 e. The summed E-state index contributed by atoms with van der Waals surface area (Å²) in [6.07, 6.45) is 10.2. The molecule has 4 heteroatoms. The quantitative estimate of drug-likeness (QED) is 0.784. The molecular formula is C14H24N2O2. The Hall–Kier alpha value is -1.03. The molecule has 1 amide bonds. The standard InChI is InChI=1S/C14H24N2O2/c1-2-18-14(17)16-10-8-13(9-11-16)15-12-6-4-3-5-7-12/h4,6,12-13,15H,2-3,5,7-11H2,1H3/t12-/m1/s1. The first-order chi connectivity index (χ1) is 8.79. The van der Waals surface area contributed by atoms with Gasteiger partial charge >= 0.3 is 6.09 Å². The maximum Gasteiger partial charge on any atom is 0.409 e. The van der Waals surface area contributed by atoms with Crippen LogP contribution in [0.4, 0.5) is 4.79 Å². The zero-order chi connectivity index (χ0) is 12.8. The van der Waals surface area contributed by atoms with Crippen LogP contribution < -0.4 is 5.32 Å². The summed E-state index contributed by atoms with van der Waals surface area (Å²) in [5, 5.41) is 3.68. The maximum absolute atomic E-state index is 11.6. The monoisotopic (exact) mass is 252 g/mol. The molecule has 1 aliphatic carbocycles. The van der Waals surface area contributed by atoms with Crippen molar-refractivity contribution in [1.82, 2.24) is 10.2 Å². The van der Waals surface area contributed by atoms with Crippen molar-refractivity contribution in [3.8, 4) is 0 Å². The van der Waals surface area contributed by atoms with Crippen LogP contribution in [0.15, 0.2) is 12.2 Å². The zero-order valence-corrected chi connectivity index (χ0v) is 11.2. The minimum Gasteiger partial charge on any atom is -0.450 e. The predicted molar refractivity (Wildman–Crippen MR) is 71.5 cm³/mol. The summed E-state index contributed by atoms with van der Waals surface area (Å²) >= 11 is 0. The molecule has 0 bridgehead atoms. The molecule has 2 rings (SSSR count). The van der Waals surface area contributed by atoms with Crippen LogP contribution in [0.25, 0.3) is 0 Å². The second-order valence-electron chi connectivity index (χ2n) is 5.09. The molecule has 102 valence electrons. The number of likely N-dealkylation sites (tertiary alicyclic amines) is 1. The highest BCUT2D eigenvalue weighted by Gasteiger charge is 2.24. The van der Waals surface area contributed by atoms with Gasteiger partial charge in [0, 0.05) is 25.2 Å². The van der Waals surface area contributed by atoms with Crippen molar-refractivity contribution in [3.63, 3.8) is 0 Å². The Labute approximate surface area is 109 Å². The van der Waals surface area contributed by atoms with Crippen LogP contribution in [0, 0.1) is 0 Å². The first kappa shape index (κ1) is 13.4. The average Bonchev–Trinajstić information content (AvgIpc) is 2.41. The fourth-order valence-corrected chi connectivity index (χ4v) is 2.70. The zero-order valence-electron chi connectivity index (χ0n) is 11.2. The van der Waals surface area contributed by atoms with Gasteiger partial charge in [0.25, 0.3) is 0 Å². The van der Waals surface area contributed by atoms with Gasteiger partial charge in [0.05, 0.1) is 6.61 Å². The molecule has 0 radical (unpaired) electrons. The van der Waals surface area contributed by atoms with E-state index in [-0.39, 0.29) is 6.09 Å². The molecule has 0 unspecified atom stereocenters. The van der Waals surface area contributed by atoms with E-state index in [1.165, 1.54) is 19.3 Å². The highest BCUT2D eigenvalue weighted by molar-refractivity contribution is 5.67. The highest BCUT2D eigenvalue weighted by Crippen LogP contribution is 2.16. The third kappa shape index (κ3) is 3.73. The van der Waals surface area contributed by atoms with Gasteiger partial charge < -0.3 is 15.0 Å². The molecule has 1 saturated heterocycles. The first-order valence-electron chi connectivity index (χ1n) is 7.14. The van der Waals surface area contributed by atoms with E-state index in [2.05, 4.69) is 17.5 Å². The number of carbonyl (C=O) groups excluding carboxylic acids is 1. The van der Waals surface area contributed by atoms with E-state index in [4.69, 9.17) is 4.74 Å². The fraction of sp³-hybridized carbons (Fsp3) is 0.786. The molecule has 1 N–H and O–H groups in total. The minimum absolute atomic E-state index is 0.159. The van der Waals surface area contributed by atoms with Gasteiger partial charge in [-0.05, 0) is 39.0 Å². The molecular weight excluding hydrogens is 228 g/mol. The van der Waals surface area contributed by atoms with Crippen LogP contribution >= 0.6 is 0 Å². The van der Waals surface area contributed by atoms with E-state index in [9.17, 15) is 4.79 Å². The van der Waals surface area contributed by atoms with Gasteiger partial charge in [-0.3, -0.25) is 0 Å². The summed E-state index contributed by atoms with van der Waals surface area (Å²) in [4.78, 5) is 13.4. The smallest absolute Gasteiger partial charge is 0.409 e. The SMILES string of the molecule is CCOC(=O)N1CCC(N[C@@H]2C=CCCC2)CC1. The Morgan fingerprint density at radius 2 is 2.17 bits per heavy atom. The van der Waals surface area contributed by atoms with Gasteiger partial charge in [0.1, 0.15) is 0 Å². The maximum atomic E-state index is 11.6. The number of amides is 1. The lowest BCUT2D eigenvalue weighted by Gasteiger charge is -2.34. The molecule has 0 spiro atoms. The van der Waals surface area contributed by atoms with E-state index < -0.39 is 0 Å². The molecule has 1 fully saturated rings. The molecule has 1 aliphatic heterocycles. The Morgan fingerprint density at radius 3 is 2.78 bits per heavy atom. The van der Waals surface area contributed by atoms with Gasteiger partial charge in [0.15, 0.2) is 0 Å². The van der Waals surface area contributed by atoms with Crippen molar-refractivity contribution in [2.45, 2.75) is 51.1 Å². The Bertz CT molecular complexity index is 296. The van der Waals surface area contributed by atoms with Crippen LogP contribution in [0.5, 0.6) is 0 Å². The third-order valence-corrected chi connectivity index (χ3v) is 3.73. The van der Waals surface area contributed by atoms with E-state index in [1.54, 1.807) is 0 Å². The summed E-state index contributed by atoms with van der Waals surface area (Å²) in [5.74, 6) is 0. The summed E-state index contributed by atoms with van der Waals surface area (Å²) in [7, 11) is 0. The van der Waals surface area contributed by atoms with Gasteiger partial charge in [-0.2, -0.15) is 0 Å². The lowest BCUT2D eigenvalue weighted by atomic mass is 9.99. The molecule has 18 heavy (non-hydrogen) atoms. The van der Waals surface area contributed by atoms with Gasteiger partial charge in [-0.1, -0.05) is 12.2 Å². The molecule has 0 aromatic heterocycles. The number of nitrogens with one attached hydrogen (secondary N) is 1. The Morgan fingerprint density at radius 1 is 1.39 bits per heavy atom. The van der Waals surface area contributed by atoms with Gasteiger partial charge in [-0.15, -0.1) is 0 Å². The number of nitrogens with zero attached hydrogens (tertiary/aromatic N) is 1. The normalized spacial score (nSPS) is 25.2. The van der Waals surface area contributed by atoms with E-state index >= 15 is 0 Å². The van der Waals surface area contributed by atoms with Crippen LogP contribution in [0.3, 0.4) is 0 Å². The van der Waals surface area contributed by atoms with Crippen molar-refractivity contribution in [1.29, 1.82) is 0 Å². The van der Waals surface area contributed by atoms with E-state index in [0.717, 1.165) is 25.9 Å². The van der Waals surface area contributed by atoms with Crippen LogP contribution in [0.1, 0.15) is 39.0 Å². The summed E-state index contributed by atoms with van der Waals surface area (Å²) < 4.78 is 5.02. The van der Waals surface area contributed by atoms with Crippen molar-refractivity contribution >= 4 is 6.09 Å². The lowest BCUT2D eigenvalue weighted by Crippen LogP contribution is -2.47. The predicted octanol–water partition coefficient (Wildman–Crippen LogP) is 2.31. The van der Waals surface area contributed by atoms with Crippen molar-refractivity contribution in [2.75, 3.05) is 19.7 Å². The summed E-state index contributed by atoms with van der Waals surface area (Å²) in [6.45, 7) is 3.94. The molecule has 0 saturated carbocycles. The van der Waals surface area contributed by atoms with Gasteiger partial charge in [0.2, 0.25) is 0 Å². The number of hydrogen-bond acceptors (Lipinski definition) is 3. The van der Waals surface area contributed by atoms with Crippen molar-refractivity contribution in [2.24, 2.45) is 0 Å². The number of ether oxygens (including phenoxy) is 1. The highest BCUT2D eigenvalue weighted by atomic mass is 16.6. The molecule has 1 atom stereocenters. The van der Waals surface area contributed by atoms with Crippen LogP contribution in [0.2, 0.25) is 0 Å². The second-order valence-corrected chi connectivity index (χ2v) is 5.09. The molecule has 0 aromatic rings. The first-order valence-corrected chi connectivity index (χ1v) is 7.14.